The van der Waals surface area contributed by atoms with Crippen molar-refractivity contribution in [3.8, 4) is 11.5 Å². The normalized spacial score (nSPS) is 17.4. The minimum atomic E-state index is -0.580. The van der Waals surface area contributed by atoms with Gasteiger partial charge in [-0.3, -0.25) is 4.79 Å². The van der Waals surface area contributed by atoms with Crippen LogP contribution in [0.15, 0.2) is 24.3 Å². The number of carbonyl (C=O) groups is 1. The standard InChI is InChI=1S/C16H24N2O3/c1-5-18(15(19)16(2,3)17-4)10-12-11-20-13-8-6-7-9-14(13)21-12/h6-9,12,17H,5,10-11H2,1-4H3. The summed E-state index contributed by atoms with van der Waals surface area (Å²) in [4.78, 5) is 14.3. The third-order valence-electron chi connectivity index (χ3n) is 3.82. The molecule has 0 bridgehead atoms. The molecular formula is C16H24N2O3. The van der Waals surface area contributed by atoms with Gasteiger partial charge in [0.1, 0.15) is 6.61 Å². The Labute approximate surface area is 126 Å². The van der Waals surface area contributed by atoms with E-state index in [-0.39, 0.29) is 12.0 Å². The molecule has 0 saturated heterocycles. The minimum Gasteiger partial charge on any atom is -0.486 e. The van der Waals surface area contributed by atoms with Gasteiger partial charge >= 0.3 is 0 Å². The summed E-state index contributed by atoms with van der Waals surface area (Å²) in [5, 5.41) is 3.05. The van der Waals surface area contributed by atoms with Crippen LogP contribution in [-0.4, -0.2) is 49.2 Å². The van der Waals surface area contributed by atoms with Crippen LogP contribution in [0, 0.1) is 0 Å². The van der Waals surface area contributed by atoms with Gasteiger partial charge < -0.3 is 19.7 Å². The molecule has 0 aliphatic carbocycles. The molecule has 0 fully saturated rings. The summed E-state index contributed by atoms with van der Waals surface area (Å²) in [5.41, 5.74) is -0.580. The van der Waals surface area contributed by atoms with Gasteiger partial charge in [-0.25, -0.2) is 0 Å². The van der Waals surface area contributed by atoms with Crippen LogP contribution in [0.25, 0.3) is 0 Å². The topological polar surface area (TPSA) is 50.8 Å². The molecule has 21 heavy (non-hydrogen) atoms. The van der Waals surface area contributed by atoms with E-state index in [4.69, 9.17) is 9.47 Å². The van der Waals surface area contributed by atoms with Crippen molar-refractivity contribution in [1.82, 2.24) is 10.2 Å². The van der Waals surface area contributed by atoms with Crippen molar-refractivity contribution in [3.63, 3.8) is 0 Å². The second-order valence-electron chi connectivity index (χ2n) is 5.72. The van der Waals surface area contributed by atoms with E-state index < -0.39 is 5.54 Å². The van der Waals surface area contributed by atoms with Crippen molar-refractivity contribution >= 4 is 5.91 Å². The number of hydrogen-bond acceptors (Lipinski definition) is 4. The molecule has 5 heteroatoms. The lowest BCUT2D eigenvalue weighted by Gasteiger charge is -2.35. The lowest BCUT2D eigenvalue weighted by Crippen LogP contribution is -2.55. The van der Waals surface area contributed by atoms with Gasteiger partial charge in [0.25, 0.3) is 0 Å². The maximum absolute atomic E-state index is 12.5. The van der Waals surface area contributed by atoms with Gasteiger partial charge in [0.15, 0.2) is 17.6 Å². The summed E-state index contributed by atoms with van der Waals surface area (Å²) in [5.74, 6) is 1.57. The van der Waals surface area contributed by atoms with E-state index >= 15 is 0 Å². The monoisotopic (exact) mass is 292 g/mol. The van der Waals surface area contributed by atoms with Crippen molar-refractivity contribution in [2.75, 3.05) is 26.7 Å². The molecule has 1 aliphatic rings. The Morgan fingerprint density at radius 3 is 2.67 bits per heavy atom. The van der Waals surface area contributed by atoms with Crippen LogP contribution in [-0.2, 0) is 4.79 Å². The van der Waals surface area contributed by atoms with Gasteiger partial charge in [-0.15, -0.1) is 0 Å². The summed E-state index contributed by atoms with van der Waals surface area (Å²) in [6, 6.07) is 7.60. The van der Waals surface area contributed by atoms with Gasteiger partial charge in [0, 0.05) is 6.54 Å². The zero-order chi connectivity index (χ0) is 15.5. The Hall–Kier alpha value is -1.75. The van der Waals surface area contributed by atoms with Crippen molar-refractivity contribution in [2.45, 2.75) is 32.4 Å². The Kier molecular flexibility index (Phi) is 4.73. The van der Waals surface area contributed by atoms with Gasteiger partial charge in [-0.1, -0.05) is 12.1 Å². The lowest BCUT2D eigenvalue weighted by atomic mass is 10.0. The Morgan fingerprint density at radius 1 is 1.38 bits per heavy atom. The highest BCUT2D eigenvalue weighted by Gasteiger charge is 2.32. The SMILES string of the molecule is CCN(CC1COc2ccccc2O1)C(=O)C(C)(C)NC. The average Bonchev–Trinajstić information content (AvgIpc) is 2.51. The van der Waals surface area contributed by atoms with E-state index in [2.05, 4.69) is 5.32 Å². The molecule has 0 aromatic heterocycles. The molecule has 1 unspecified atom stereocenters. The fourth-order valence-corrected chi connectivity index (χ4v) is 2.26. The number of amides is 1. The fourth-order valence-electron chi connectivity index (χ4n) is 2.26. The number of nitrogens with zero attached hydrogens (tertiary/aromatic N) is 1. The van der Waals surface area contributed by atoms with Crippen LogP contribution in [0.1, 0.15) is 20.8 Å². The molecule has 1 aromatic carbocycles. The number of carbonyl (C=O) groups excluding carboxylic acids is 1. The number of nitrogens with one attached hydrogen (secondary N) is 1. The van der Waals surface area contributed by atoms with E-state index in [1.807, 2.05) is 45.0 Å². The molecular weight excluding hydrogens is 268 g/mol. The van der Waals surface area contributed by atoms with Crippen LogP contribution in [0.2, 0.25) is 0 Å². The molecule has 1 atom stereocenters. The smallest absolute Gasteiger partial charge is 0.242 e. The second kappa shape index (κ2) is 6.35. The number of fused-ring (bicyclic) bond motifs is 1. The predicted molar refractivity (Wildman–Crippen MR) is 81.7 cm³/mol. The Morgan fingerprint density at radius 2 is 2.05 bits per heavy atom. The van der Waals surface area contributed by atoms with Crippen molar-refractivity contribution in [3.05, 3.63) is 24.3 Å². The lowest BCUT2D eigenvalue weighted by molar-refractivity contribution is -0.138. The summed E-state index contributed by atoms with van der Waals surface area (Å²) >= 11 is 0. The van der Waals surface area contributed by atoms with Gasteiger partial charge in [0.05, 0.1) is 12.1 Å². The van der Waals surface area contributed by atoms with Crippen molar-refractivity contribution < 1.29 is 14.3 Å². The molecule has 1 amide bonds. The molecule has 116 valence electrons. The molecule has 1 N–H and O–H groups in total. The van der Waals surface area contributed by atoms with E-state index in [9.17, 15) is 4.79 Å². The number of benzene rings is 1. The zero-order valence-corrected chi connectivity index (χ0v) is 13.2. The Balaban J connectivity index is 2.02. The largest absolute Gasteiger partial charge is 0.486 e. The van der Waals surface area contributed by atoms with E-state index in [1.54, 1.807) is 11.9 Å². The first-order chi connectivity index (χ1) is 9.97. The van der Waals surface area contributed by atoms with E-state index in [0.29, 0.717) is 19.7 Å². The van der Waals surface area contributed by atoms with Crippen molar-refractivity contribution in [1.29, 1.82) is 0 Å². The molecule has 0 saturated carbocycles. The summed E-state index contributed by atoms with van der Waals surface area (Å²) < 4.78 is 11.6. The van der Waals surface area contributed by atoms with Crippen molar-refractivity contribution in [2.24, 2.45) is 0 Å². The van der Waals surface area contributed by atoms with Crippen LogP contribution in [0.5, 0.6) is 11.5 Å². The van der Waals surface area contributed by atoms with Crippen LogP contribution in [0.3, 0.4) is 0 Å². The van der Waals surface area contributed by atoms with Crippen LogP contribution >= 0.6 is 0 Å². The van der Waals surface area contributed by atoms with E-state index in [0.717, 1.165) is 11.5 Å². The molecule has 1 aromatic rings. The summed E-state index contributed by atoms with van der Waals surface area (Å²) in [7, 11) is 1.79. The highest BCUT2D eigenvalue weighted by molar-refractivity contribution is 5.85. The maximum atomic E-state index is 12.5. The van der Waals surface area contributed by atoms with Crippen LogP contribution in [0.4, 0.5) is 0 Å². The highest BCUT2D eigenvalue weighted by Crippen LogP contribution is 2.31. The Bertz CT molecular complexity index is 502. The number of rotatable bonds is 5. The predicted octanol–water partition coefficient (Wildman–Crippen LogP) is 1.67. The summed E-state index contributed by atoms with van der Waals surface area (Å²) in [6.45, 7) is 7.36. The fraction of sp³-hybridized carbons (Fsp3) is 0.562. The second-order valence-corrected chi connectivity index (χ2v) is 5.72. The molecule has 1 aliphatic heterocycles. The number of ether oxygens (including phenoxy) is 2. The highest BCUT2D eigenvalue weighted by atomic mass is 16.6. The van der Waals surface area contributed by atoms with Gasteiger partial charge in [-0.2, -0.15) is 0 Å². The average molecular weight is 292 g/mol. The molecule has 2 rings (SSSR count). The summed E-state index contributed by atoms with van der Waals surface area (Å²) in [6.07, 6.45) is -0.142. The molecule has 0 radical (unpaired) electrons. The molecule has 1 heterocycles. The molecule has 0 spiro atoms. The van der Waals surface area contributed by atoms with E-state index in [1.165, 1.54) is 0 Å². The van der Waals surface area contributed by atoms with Gasteiger partial charge in [-0.05, 0) is 40.0 Å². The molecule has 5 nitrogen and oxygen atoms in total. The van der Waals surface area contributed by atoms with Gasteiger partial charge in [0.2, 0.25) is 5.91 Å². The zero-order valence-electron chi connectivity index (χ0n) is 13.2. The minimum absolute atomic E-state index is 0.0648. The third kappa shape index (κ3) is 3.47. The number of hydrogen-bond donors (Lipinski definition) is 1. The maximum Gasteiger partial charge on any atom is 0.242 e. The number of likely N-dealkylation sites (N-methyl/N-ethyl adjacent to an activating group) is 2. The number of para-hydroxylation sites is 2. The third-order valence-corrected chi connectivity index (χ3v) is 3.82. The first-order valence-corrected chi connectivity index (χ1v) is 7.34. The quantitative estimate of drug-likeness (QED) is 0.897. The first kappa shape index (κ1) is 15.6. The first-order valence-electron chi connectivity index (χ1n) is 7.34. The van der Waals surface area contributed by atoms with Crippen LogP contribution < -0.4 is 14.8 Å².